The Kier molecular flexibility index (Phi) is 5.08. The summed E-state index contributed by atoms with van der Waals surface area (Å²) in [5, 5.41) is 10.1. The van der Waals surface area contributed by atoms with Gasteiger partial charge in [-0.25, -0.2) is 0 Å². The van der Waals surface area contributed by atoms with Crippen molar-refractivity contribution in [1.82, 2.24) is 4.90 Å². The normalized spacial score (nSPS) is 11.4. The summed E-state index contributed by atoms with van der Waals surface area (Å²) in [4.78, 5) is 11.6. The SMILES string of the molecule is CCCCN(C)/C(C)=C/[N+](=O)[O-]. The summed E-state index contributed by atoms with van der Waals surface area (Å²) in [5.41, 5.74) is 0.702. The van der Waals surface area contributed by atoms with Crippen LogP contribution < -0.4 is 0 Å². The summed E-state index contributed by atoms with van der Waals surface area (Å²) in [6, 6.07) is 0. The average molecular weight is 172 g/mol. The van der Waals surface area contributed by atoms with E-state index in [0.717, 1.165) is 25.6 Å². The van der Waals surface area contributed by atoms with Crippen molar-refractivity contribution in [3.8, 4) is 0 Å². The molecule has 0 N–H and O–H groups in total. The maximum Gasteiger partial charge on any atom is 0.253 e. The molecule has 0 aliphatic heterocycles. The Labute approximate surface area is 73.0 Å². The first-order chi connectivity index (χ1) is 5.57. The van der Waals surface area contributed by atoms with Gasteiger partial charge in [0.25, 0.3) is 6.20 Å². The lowest BCUT2D eigenvalue weighted by Gasteiger charge is -2.16. The maximum absolute atomic E-state index is 10.1. The molecule has 0 saturated heterocycles. The van der Waals surface area contributed by atoms with Crippen LogP contribution in [0.25, 0.3) is 0 Å². The molecule has 0 amide bonds. The summed E-state index contributed by atoms with van der Waals surface area (Å²) < 4.78 is 0. The van der Waals surface area contributed by atoms with Gasteiger partial charge in [-0.1, -0.05) is 13.3 Å². The van der Waals surface area contributed by atoms with Crippen LogP contribution in [0.2, 0.25) is 0 Å². The van der Waals surface area contributed by atoms with Crippen molar-refractivity contribution in [2.45, 2.75) is 26.7 Å². The molecule has 4 heteroatoms. The van der Waals surface area contributed by atoms with Gasteiger partial charge in [0.2, 0.25) is 0 Å². The number of nitro groups is 1. The minimum Gasteiger partial charge on any atom is -0.373 e. The van der Waals surface area contributed by atoms with E-state index in [4.69, 9.17) is 0 Å². The van der Waals surface area contributed by atoms with E-state index < -0.39 is 4.92 Å². The van der Waals surface area contributed by atoms with Crippen LogP contribution in [0, 0.1) is 10.1 Å². The highest BCUT2D eigenvalue weighted by Crippen LogP contribution is 2.01. The van der Waals surface area contributed by atoms with Crippen molar-refractivity contribution in [3.63, 3.8) is 0 Å². The first-order valence-corrected chi connectivity index (χ1v) is 4.11. The molecule has 0 rings (SSSR count). The summed E-state index contributed by atoms with van der Waals surface area (Å²) in [7, 11) is 1.87. The van der Waals surface area contributed by atoms with Gasteiger partial charge in [-0.15, -0.1) is 0 Å². The third-order valence-corrected chi connectivity index (χ3v) is 1.74. The molecule has 0 spiro atoms. The second kappa shape index (κ2) is 5.57. The summed E-state index contributed by atoms with van der Waals surface area (Å²) in [6.45, 7) is 4.73. The molecular weight excluding hydrogens is 156 g/mol. The largest absolute Gasteiger partial charge is 0.373 e. The van der Waals surface area contributed by atoms with Gasteiger partial charge in [-0.05, 0) is 13.3 Å². The smallest absolute Gasteiger partial charge is 0.253 e. The second-order valence-electron chi connectivity index (χ2n) is 2.83. The fourth-order valence-electron chi connectivity index (χ4n) is 0.823. The van der Waals surface area contributed by atoms with Gasteiger partial charge in [-0.3, -0.25) is 10.1 Å². The number of hydrogen-bond donors (Lipinski definition) is 0. The fourth-order valence-corrected chi connectivity index (χ4v) is 0.823. The molecule has 12 heavy (non-hydrogen) atoms. The van der Waals surface area contributed by atoms with E-state index in [1.54, 1.807) is 6.92 Å². The quantitative estimate of drug-likeness (QED) is 0.469. The molecule has 4 nitrogen and oxygen atoms in total. The van der Waals surface area contributed by atoms with Gasteiger partial charge in [0, 0.05) is 13.6 Å². The monoisotopic (exact) mass is 172 g/mol. The highest BCUT2D eigenvalue weighted by atomic mass is 16.6. The Morgan fingerprint density at radius 1 is 1.67 bits per heavy atom. The minimum absolute atomic E-state index is 0.419. The predicted octanol–water partition coefficient (Wildman–Crippen LogP) is 1.86. The standard InChI is InChI=1S/C8H16N2O2/c1-4-5-6-9(3)8(2)7-10(11)12/h7H,4-6H2,1-3H3/b8-7+. The van der Waals surface area contributed by atoms with E-state index in [0.29, 0.717) is 5.70 Å². The first-order valence-electron chi connectivity index (χ1n) is 4.11. The number of nitrogens with zero attached hydrogens (tertiary/aromatic N) is 2. The summed E-state index contributed by atoms with van der Waals surface area (Å²) in [5.74, 6) is 0. The number of hydrogen-bond acceptors (Lipinski definition) is 3. The lowest BCUT2D eigenvalue weighted by Crippen LogP contribution is -2.17. The third-order valence-electron chi connectivity index (χ3n) is 1.74. The van der Waals surface area contributed by atoms with Crippen molar-refractivity contribution >= 4 is 0 Å². The Morgan fingerprint density at radius 2 is 2.25 bits per heavy atom. The fraction of sp³-hybridized carbons (Fsp3) is 0.750. The number of unbranched alkanes of at least 4 members (excludes halogenated alkanes) is 1. The highest BCUT2D eigenvalue weighted by molar-refractivity contribution is 4.90. The van der Waals surface area contributed by atoms with Crippen molar-refractivity contribution < 1.29 is 4.92 Å². The van der Waals surface area contributed by atoms with E-state index in [2.05, 4.69) is 6.92 Å². The van der Waals surface area contributed by atoms with E-state index >= 15 is 0 Å². The number of allylic oxidation sites excluding steroid dienone is 1. The van der Waals surface area contributed by atoms with Gasteiger partial charge in [0.15, 0.2) is 0 Å². The topological polar surface area (TPSA) is 46.4 Å². The van der Waals surface area contributed by atoms with Crippen LogP contribution in [0.3, 0.4) is 0 Å². The molecule has 0 atom stereocenters. The maximum atomic E-state index is 10.1. The van der Waals surface area contributed by atoms with Crippen LogP contribution in [-0.4, -0.2) is 23.4 Å². The van der Waals surface area contributed by atoms with Crippen LogP contribution in [-0.2, 0) is 0 Å². The molecule has 0 unspecified atom stereocenters. The first kappa shape index (κ1) is 10.9. The Morgan fingerprint density at radius 3 is 2.67 bits per heavy atom. The second-order valence-corrected chi connectivity index (χ2v) is 2.83. The molecule has 0 heterocycles. The molecule has 0 bridgehead atoms. The molecular formula is C8H16N2O2. The van der Waals surface area contributed by atoms with Crippen molar-refractivity contribution in [3.05, 3.63) is 22.0 Å². The Bertz CT molecular complexity index is 178. The van der Waals surface area contributed by atoms with Crippen molar-refractivity contribution in [2.24, 2.45) is 0 Å². The van der Waals surface area contributed by atoms with E-state index in [9.17, 15) is 10.1 Å². The Hall–Kier alpha value is -1.06. The zero-order chi connectivity index (χ0) is 9.56. The Balaban J connectivity index is 3.91. The highest BCUT2D eigenvalue weighted by Gasteiger charge is 2.01. The molecule has 0 aliphatic rings. The van der Waals surface area contributed by atoms with Gasteiger partial charge >= 0.3 is 0 Å². The molecule has 0 aliphatic carbocycles. The van der Waals surface area contributed by atoms with E-state index in [1.807, 2.05) is 11.9 Å². The van der Waals surface area contributed by atoms with Crippen LogP contribution >= 0.6 is 0 Å². The summed E-state index contributed by atoms with van der Waals surface area (Å²) >= 11 is 0. The minimum atomic E-state index is -0.419. The lowest BCUT2D eigenvalue weighted by molar-refractivity contribution is -0.404. The van der Waals surface area contributed by atoms with Gasteiger partial charge in [0.1, 0.15) is 0 Å². The predicted molar refractivity (Wildman–Crippen MR) is 48.3 cm³/mol. The van der Waals surface area contributed by atoms with Gasteiger partial charge < -0.3 is 4.90 Å². The van der Waals surface area contributed by atoms with Crippen LogP contribution in [0.1, 0.15) is 26.7 Å². The van der Waals surface area contributed by atoms with Crippen molar-refractivity contribution in [2.75, 3.05) is 13.6 Å². The lowest BCUT2D eigenvalue weighted by atomic mass is 10.3. The van der Waals surface area contributed by atoms with E-state index in [1.165, 1.54) is 0 Å². The molecule has 0 aromatic rings. The van der Waals surface area contributed by atoms with Crippen molar-refractivity contribution in [1.29, 1.82) is 0 Å². The zero-order valence-electron chi connectivity index (χ0n) is 7.91. The van der Waals surface area contributed by atoms with Crippen LogP contribution in [0.5, 0.6) is 0 Å². The number of rotatable bonds is 5. The summed E-state index contributed by atoms with van der Waals surface area (Å²) in [6.07, 6.45) is 3.21. The molecule has 0 aromatic heterocycles. The van der Waals surface area contributed by atoms with Gasteiger partial charge in [0.05, 0.1) is 10.6 Å². The molecule has 0 aromatic carbocycles. The average Bonchev–Trinajstić information content (AvgIpc) is 1.98. The molecule has 0 saturated carbocycles. The zero-order valence-corrected chi connectivity index (χ0v) is 7.91. The van der Waals surface area contributed by atoms with E-state index in [-0.39, 0.29) is 0 Å². The van der Waals surface area contributed by atoms with Gasteiger partial charge in [-0.2, -0.15) is 0 Å². The third kappa shape index (κ3) is 4.71. The molecule has 0 radical (unpaired) electrons. The van der Waals surface area contributed by atoms with Crippen LogP contribution in [0.4, 0.5) is 0 Å². The molecule has 0 fully saturated rings. The molecule has 70 valence electrons. The van der Waals surface area contributed by atoms with Crippen LogP contribution in [0.15, 0.2) is 11.9 Å².